The fourth-order valence-electron chi connectivity index (χ4n) is 0.991. The van der Waals surface area contributed by atoms with Gasteiger partial charge in [0.15, 0.2) is 0 Å². The van der Waals surface area contributed by atoms with Crippen LogP contribution in [0.1, 0.15) is 49.8 Å². The van der Waals surface area contributed by atoms with Crippen molar-refractivity contribution in [3.63, 3.8) is 0 Å². The highest BCUT2D eigenvalue weighted by molar-refractivity contribution is 5.87. The number of carbonyl (C=O) groups excluding carboxylic acids is 1. The zero-order valence-electron chi connectivity index (χ0n) is 10.1. The van der Waals surface area contributed by atoms with Gasteiger partial charge in [-0.15, -0.1) is 0 Å². The molecule has 0 aliphatic carbocycles. The van der Waals surface area contributed by atoms with E-state index >= 15 is 0 Å². The van der Waals surface area contributed by atoms with E-state index < -0.39 is 0 Å². The summed E-state index contributed by atoms with van der Waals surface area (Å²) in [5.74, 6) is -0.0629. The topological polar surface area (TPSA) is 39.2 Å². The second-order valence-corrected chi connectivity index (χ2v) is 3.09. The Kier molecular flexibility index (Phi) is 6.34. The maximum Gasteiger partial charge on any atom is 0.356 e. The van der Waals surface area contributed by atoms with Gasteiger partial charge in [-0.25, -0.2) is 9.78 Å². The van der Waals surface area contributed by atoms with Crippen LogP contribution in [0.3, 0.4) is 0 Å². The molecule has 0 saturated heterocycles. The minimum absolute atomic E-state index is 0.324. The summed E-state index contributed by atoms with van der Waals surface area (Å²) in [4.78, 5) is 15.3. The molecule has 0 radical (unpaired) electrons. The molecule has 0 aliphatic rings. The van der Waals surface area contributed by atoms with Gasteiger partial charge in [-0.2, -0.15) is 0 Å². The molecule has 84 valence electrons. The average Bonchev–Trinajstić information content (AvgIpc) is 2.30. The molecule has 0 unspecified atom stereocenters. The van der Waals surface area contributed by atoms with E-state index in [1.807, 2.05) is 39.8 Å². The highest BCUT2D eigenvalue weighted by Gasteiger charge is 2.08. The fraction of sp³-hybridized carbons (Fsp3) is 0.500. The van der Waals surface area contributed by atoms with Crippen LogP contribution in [0.2, 0.25) is 0 Å². The fourth-order valence-corrected chi connectivity index (χ4v) is 0.991. The molecule has 1 rings (SSSR count). The van der Waals surface area contributed by atoms with Gasteiger partial charge in [0.25, 0.3) is 0 Å². The van der Waals surface area contributed by atoms with Crippen molar-refractivity contribution in [1.29, 1.82) is 0 Å². The zero-order valence-corrected chi connectivity index (χ0v) is 10.1. The molecule has 0 N–H and O–H groups in total. The minimum Gasteiger partial charge on any atom is -0.464 e. The lowest BCUT2D eigenvalue weighted by atomic mass is 10.1. The van der Waals surface area contributed by atoms with Crippen LogP contribution >= 0.6 is 0 Å². The number of esters is 1. The number of aromatic nitrogens is 1. The normalized spacial score (nSPS) is 9.20. The number of nitrogens with zero attached hydrogens (tertiary/aromatic N) is 1. The average molecular weight is 209 g/mol. The number of ether oxygens (including phenoxy) is 1. The third-order valence-electron chi connectivity index (χ3n) is 1.76. The number of carbonyl (C=O) groups is 1. The summed E-state index contributed by atoms with van der Waals surface area (Å²) >= 11 is 0. The van der Waals surface area contributed by atoms with E-state index in [9.17, 15) is 4.79 Å². The first kappa shape index (κ1) is 13.6. The monoisotopic (exact) mass is 209 g/mol. The van der Waals surface area contributed by atoms with Crippen molar-refractivity contribution in [2.45, 2.75) is 33.6 Å². The SMILES string of the molecule is CC.COC(=O)c1cccc(C(C)C)n1. The molecule has 1 aromatic heterocycles. The van der Waals surface area contributed by atoms with Crippen molar-refractivity contribution >= 4 is 5.97 Å². The highest BCUT2D eigenvalue weighted by Crippen LogP contribution is 2.11. The third-order valence-corrected chi connectivity index (χ3v) is 1.76. The molecule has 0 amide bonds. The lowest BCUT2D eigenvalue weighted by Gasteiger charge is -2.05. The molecule has 0 bridgehead atoms. The van der Waals surface area contributed by atoms with Gasteiger partial charge in [0.05, 0.1) is 7.11 Å². The van der Waals surface area contributed by atoms with Crippen molar-refractivity contribution < 1.29 is 9.53 Å². The Labute approximate surface area is 91.5 Å². The van der Waals surface area contributed by atoms with Gasteiger partial charge in [-0.3, -0.25) is 0 Å². The molecule has 0 atom stereocenters. The van der Waals surface area contributed by atoms with Crippen LogP contribution in [-0.4, -0.2) is 18.1 Å². The number of hydrogen-bond donors (Lipinski definition) is 0. The molecule has 15 heavy (non-hydrogen) atoms. The maximum atomic E-state index is 11.1. The first-order valence-corrected chi connectivity index (χ1v) is 5.20. The van der Waals surface area contributed by atoms with Crippen LogP contribution in [0, 0.1) is 0 Å². The summed E-state index contributed by atoms with van der Waals surface area (Å²) in [5.41, 5.74) is 1.27. The van der Waals surface area contributed by atoms with Crippen LogP contribution in [-0.2, 0) is 4.74 Å². The van der Waals surface area contributed by atoms with E-state index in [1.165, 1.54) is 7.11 Å². The summed E-state index contributed by atoms with van der Waals surface area (Å²) in [6.07, 6.45) is 0. The van der Waals surface area contributed by atoms with Gasteiger partial charge >= 0.3 is 5.97 Å². The summed E-state index contributed by atoms with van der Waals surface area (Å²) in [5, 5.41) is 0. The summed E-state index contributed by atoms with van der Waals surface area (Å²) in [6, 6.07) is 5.36. The first-order valence-electron chi connectivity index (χ1n) is 5.20. The molecule has 3 nitrogen and oxygen atoms in total. The van der Waals surface area contributed by atoms with Crippen molar-refractivity contribution in [2.75, 3.05) is 7.11 Å². The van der Waals surface area contributed by atoms with Gasteiger partial charge in [0, 0.05) is 5.69 Å². The quantitative estimate of drug-likeness (QED) is 0.703. The van der Waals surface area contributed by atoms with E-state index in [0.717, 1.165) is 5.69 Å². The van der Waals surface area contributed by atoms with E-state index in [2.05, 4.69) is 9.72 Å². The standard InChI is InChI=1S/C10H13NO2.C2H6/c1-7(2)8-5-4-6-9(11-8)10(12)13-3;1-2/h4-7H,1-3H3;1-2H3. The summed E-state index contributed by atoms with van der Waals surface area (Å²) in [7, 11) is 1.35. The number of hydrogen-bond acceptors (Lipinski definition) is 3. The van der Waals surface area contributed by atoms with Crippen molar-refractivity contribution in [3.05, 3.63) is 29.6 Å². The first-order chi connectivity index (χ1) is 7.15. The Morgan fingerprint density at radius 2 is 1.93 bits per heavy atom. The molecule has 3 heteroatoms. The minimum atomic E-state index is -0.387. The molecule has 1 aromatic rings. The predicted octanol–water partition coefficient (Wildman–Crippen LogP) is 3.02. The summed E-state index contributed by atoms with van der Waals surface area (Å²) in [6.45, 7) is 8.06. The molecular weight excluding hydrogens is 190 g/mol. The van der Waals surface area contributed by atoms with Crippen LogP contribution in [0.15, 0.2) is 18.2 Å². The van der Waals surface area contributed by atoms with Crippen molar-refractivity contribution in [1.82, 2.24) is 4.98 Å². The molecular formula is C12H19NO2. The number of methoxy groups -OCH3 is 1. The van der Waals surface area contributed by atoms with Crippen molar-refractivity contribution in [3.8, 4) is 0 Å². The maximum absolute atomic E-state index is 11.1. The highest BCUT2D eigenvalue weighted by atomic mass is 16.5. The molecule has 0 fully saturated rings. The Morgan fingerprint density at radius 1 is 1.33 bits per heavy atom. The second kappa shape index (κ2) is 6.98. The zero-order chi connectivity index (χ0) is 11.8. The van der Waals surface area contributed by atoms with E-state index in [-0.39, 0.29) is 5.97 Å². The Morgan fingerprint density at radius 3 is 2.40 bits per heavy atom. The lowest BCUT2D eigenvalue weighted by molar-refractivity contribution is 0.0593. The molecule has 0 aromatic carbocycles. The second-order valence-electron chi connectivity index (χ2n) is 3.09. The lowest BCUT2D eigenvalue weighted by Crippen LogP contribution is -2.06. The molecule has 0 spiro atoms. The number of rotatable bonds is 2. The van der Waals surface area contributed by atoms with Crippen LogP contribution in [0.5, 0.6) is 0 Å². The number of pyridine rings is 1. The van der Waals surface area contributed by atoms with Gasteiger partial charge in [0.1, 0.15) is 5.69 Å². The van der Waals surface area contributed by atoms with Gasteiger partial charge in [0.2, 0.25) is 0 Å². The Hall–Kier alpha value is -1.38. The Balaban J connectivity index is 0.000000921. The largest absolute Gasteiger partial charge is 0.464 e. The van der Waals surface area contributed by atoms with Crippen LogP contribution < -0.4 is 0 Å². The summed E-state index contributed by atoms with van der Waals surface area (Å²) < 4.78 is 4.57. The van der Waals surface area contributed by atoms with Crippen LogP contribution in [0.4, 0.5) is 0 Å². The van der Waals surface area contributed by atoms with E-state index in [1.54, 1.807) is 6.07 Å². The third kappa shape index (κ3) is 4.11. The van der Waals surface area contributed by atoms with Gasteiger partial charge in [-0.05, 0) is 18.1 Å². The van der Waals surface area contributed by atoms with Gasteiger partial charge in [-0.1, -0.05) is 33.8 Å². The molecule has 0 saturated carbocycles. The smallest absolute Gasteiger partial charge is 0.356 e. The Bertz CT molecular complexity index is 308. The molecule has 0 aliphatic heterocycles. The van der Waals surface area contributed by atoms with E-state index in [0.29, 0.717) is 11.6 Å². The van der Waals surface area contributed by atoms with Crippen molar-refractivity contribution in [2.24, 2.45) is 0 Å². The predicted molar refractivity (Wildman–Crippen MR) is 61.0 cm³/mol. The van der Waals surface area contributed by atoms with Gasteiger partial charge < -0.3 is 4.74 Å². The molecule has 1 heterocycles. The van der Waals surface area contributed by atoms with Crippen LogP contribution in [0.25, 0.3) is 0 Å². The van der Waals surface area contributed by atoms with E-state index in [4.69, 9.17) is 0 Å².